The van der Waals surface area contributed by atoms with Crippen LogP contribution in [0.15, 0.2) is 42.0 Å². The maximum Gasteiger partial charge on any atom is 0.156 e. The third-order valence-electron chi connectivity index (χ3n) is 3.43. The summed E-state index contributed by atoms with van der Waals surface area (Å²) < 4.78 is 5.73. The molecule has 2 nitrogen and oxygen atoms in total. The van der Waals surface area contributed by atoms with Crippen LogP contribution >= 0.6 is 0 Å². The fourth-order valence-corrected chi connectivity index (χ4v) is 2.12. The summed E-state index contributed by atoms with van der Waals surface area (Å²) in [6.45, 7) is 5.32. The topological polar surface area (TPSA) is 26.3 Å². The van der Waals surface area contributed by atoms with Crippen molar-refractivity contribution < 1.29 is 9.53 Å². The van der Waals surface area contributed by atoms with Gasteiger partial charge in [0, 0.05) is 11.8 Å². The zero-order chi connectivity index (χ0) is 12.3. The van der Waals surface area contributed by atoms with Crippen LogP contribution in [0.3, 0.4) is 0 Å². The highest BCUT2D eigenvalue weighted by molar-refractivity contribution is 5.94. The van der Waals surface area contributed by atoms with E-state index < -0.39 is 0 Å². The zero-order valence-electron chi connectivity index (χ0n) is 10.4. The minimum Gasteiger partial charge on any atom is -0.376 e. The monoisotopic (exact) mass is 230 g/mol. The third kappa shape index (κ3) is 2.83. The van der Waals surface area contributed by atoms with E-state index >= 15 is 0 Å². The van der Waals surface area contributed by atoms with Crippen LogP contribution in [0.4, 0.5) is 0 Å². The Bertz CT molecular complexity index is 433. The van der Waals surface area contributed by atoms with Crippen LogP contribution in [-0.2, 0) is 16.1 Å². The number of ketones is 1. The summed E-state index contributed by atoms with van der Waals surface area (Å²) in [5, 5.41) is 0. The van der Waals surface area contributed by atoms with Crippen LogP contribution in [-0.4, -0.2) is 12.4 Å². The van der Waals surface area contributed by atoms with Crippen LogP contribution in [0.1, 0.15) is 25.8 Å². The lowest BCUT2D eigenvalue weighted by molar-refractivity contribution is -0.115. The molecule has 1 atom stereocenters. The van der Waals surface area contributed by atoms with Gasteiger partial charge in [-0.1, -0.05) is 42.8 Å². The second-order valence-corrected chi connectivity index (χ2v) is 5.01. The van der Waals surface area contributed by atoms with E-state index in [0.29, 0.717) is 19.6 Å². The summed E-state index contributed by atoms with van der Waals surface area (Å²) in [6.07, 6.45) is 2.32. The van der Waals surface area contributed by atoms with E-state index in [-0.39, 0.29) is 11.2 Å². The van der Waals surface area contributed by atoms with Crippen LogP contribution in [0.25, 0.3) is 0 Å². The van der Waals surface area contributed by atoms with E-state index in [1.165, 1.54) is 5.56 Å². The van der Waals surface area contributed by atoms with Crippen molar-refractivity contribution in [2.45, 2.75) is 26.9 Å². The summed E-state index contributed by atoms with van der Waals surface area (Å²) in [6, 6.07) is 10.1. The molecule has 0 saturated carbocycles. The first-order valence-corrected chi connectivity index (χ1v) is 5.93. The average molecular weight is 230 g/mol. The molecule has 1 aromatic carbocycles. The molecule has 0 heterocycles. The van der Waals surface area contributed by atoms with Gasteiger partial charge in [-0.3, -0.25) is 4.79 Å². The minimum absolute atomic E-state index is 0.105. The molecular weight excluding hydrogens is 212 g/mol. The van der Waals surface area contributed by atoms with Gasteiger partial charge >= 0.3 is 0 Å². The van der Waals surface area contributed by atoms with E-state index in [1.807, 2.05) is 37.3 Å². The molecule has 0 radical (unpaired) electrons. The molecule has 0 bridgehead atoms. The van der Waals surface area contributed by atoms with Crippen molar-refractivity contribution >= 4 is 5.78 Å². The molecule has 17 heavy (non-hydrogen) atoms. The summed E-state index contributed by atoms with van der Waals surface area (Å²) in [5.41, 5.74) is 2.20. The Morgan fingerprint density at radius 3 is 2.59 bits per heavy atom. The molecular formula is C15H18O2. The number of benzene rings is 1. The molecule has 90 valence electrons. The molecule has 2 rings (SSSR count). The molecule has 0 N–H and O–H groups in total. The number of hydrogen-bond donors (Lipinski definition) is 0. The van der Waals surface area contributed by atoms with Crippen LogP contribution in [0.5, 0.6) is 0 Å². The summed E-state index contributed by atoms with van der Waals surface area (Å²) >= 11 is 0. The highest BCUT2D eigenvalue weighted by Gasteiger charge is 2.34. The van der Waals surface area contributed by atoms with Gasteiger partial charge in [0.1, 0.15) is 0 Å². The molecule has 0 amide bonds. The highest BCUT2D eigenvalue weighted by atomic mass is 16.5. The molecule has 0 saturated heterocycles. The van der Waals surface area contributed by atoms with E-state index in [1.54, 1.807) is 6.08 Å². The number of carbonyl (C=O) groups is 1. The van der Waals surface area contributed by atoms with Gasteiger partial charge in [0.05, 0.1) is 13.2 Å². The molecule has 0 aromatic heterocycles. The van der Waals surface area contributed by atoms with Gasteiger partial charge < -0.3 is 4.74 Å². The van der Waals surface area contributed by atoms with Crippen LogP contribution in [0.2, 0.25) is 0 Å². The highest BCUT2D eigenvalue weighted by Crippen LogP contribution is 2.36. The third-order valence-corrected chi connectivity index (χ3v) is 3.43. The van der Waals surface area contributed by atoms with Gasteiger partial charge in [-0.05, 0) is 18.6 Å². The molecule has 1 aliphatic carbocycles. The van der Waals surface area contributed by atoms with Gasteiger partial charge in [-0.25, -0.2) is 0 Å². The predicted octanol–water partition coefficient (Wildman–Crippen LogP) is 3.13. The van der Waals surface area contributed by atoms with Crippen molar-refractivity contribution in [2.24, 2.45) is 5.41 Å². The maximum atomic E-state index is 11.4. The Labute approximate surface area is 102 Å². The Morgan fingerprint density at radius 1 is 1.29 bits per heavy atom. The fraction of sp³-hybridized carbons (Fsp3) is 0.400. The lowest BCUT2D eigenvalue weighted by Gasteiger charge is -2.25. The van der Waals surface area contributed by atoms with Gasteiger partial charge in [-0.15, -0.1) is 0 Å². The first kappa shape index (κ1) is 12.1. The molecule has 0 aliphatic heterocycles. The summed E-state index contributed by atoms with van der Waals surface area (Å²) in [5.74, 6) is 0.216. The predicted molar refractivity (Wildman–Crippen MR) is 67.6 cm³/mol. The minimum atomic E-state index is -0.105. The molecule has 1 unspecified atom stereocenters. The Morgan fingerprint density at radius 2 is 2.00 bits per heavy atom. The number of hydrogen-bond acceptors (Lipinski definition) is 2. The van der Waals surface area contributed by atoms with Crippen molar-refractivity contribution in [3.8, 4) is 0 Å². The van der Waals surface area contributed by atoms with Crippen LogP contribution < -0.4 is 0 Å². The lowest BCUT2D eigenvalue weighted by Crippen LogP contribution is -2.22. The summed E-state index contributed by atoms with van der Waals surface area (Å²) in [4.78, 5) is 11.4. The van der Waals surface area contributed by atoms with Gasteiger partial charge in [0.15, 0.2) is 5.78 Å². The van der Waals surface area contributed by atoms with E-state index in [9.17, 15) is 4.79 Å². The molecule has 0 spiro atoms. The Balaban J connectivity index is 1.87. The first-order chi connectivity index (χ1) is 8.10. The maximum absolute atomic E-state index is 11.4. The van der Waals surface area contributed by atoms with Crippen molar-refractivity contribution in [1.29, 1.82) is 0 Å². The smallest absolute Gasteiger partial charge is 0.156 e. The standard InChI is InChI=1S/C15H18O2/c1-12-8-14(16)9-15(12,2)11-17-10-13-6-4-3-5-7-13/h3-8H,9-11H2,1-2H3. The Kier molecular flexibility index (Phi) is 3.43. The van der Waals surface area contributed by atoms with E-state index in [4.69, 9.17) is 4.74 Å². The van der Waals surface area contributed by atoms with Crippen molar-refractivity contribution in [3.05, 3.63) is 47.5 Å². The molecule has 1 aromatic rings. The van der Waals surface area contributed by atoms with Gasteiger partial charge in [0.25, 0.3) is 0 Å². The summed E-state index contributed by atoms with van der Waals surface area (Å²) in [7, 11) is 0. The van der Waals surface area contributed by atoms with E-state index in [0.717, 1.165) is 5.57 Å². The quantitative estimate of drug-likeness (QED) is 0.794. The average Bonchev–Trinajstić information content (AvgIpc) is 2.54. The fourth-order valence-electron chi connectivity index (χ4n) is 2.12. The Hall–Kier alpha value is -1.41. The largest absolute Gasteiger partial charge is 0.376 e. The van der Waals surface area contributed by atoms with E-state index in [2.05, 4.69) is 6.92 Å². The molecule has 0 fully saturated rings. The van der Waals surface area contributed by atoms with Gasteiger partial charge in [-0.2, -0.15) is 0 Å². The lowest BCUT2D eigenvalue weighted by atomic mass is 9.85. The number of ether oxygens (including phenoxy) is 1. The van der Waals surface area contributed by atoms with Crippen molar-refractivity contribution in [2.75, 3.05) is 6.61 Å². The van der Waals surface area contributed by atoms with Gasteiger partial charge in [0.2, 0.25) is 0 Å². The zero-order valence-corrected chi connectivity index (χ0v) is 10.4. The first-order valence-electron chi connectivity index (χ1n) is 5.93. The second kappa shape index (κ2) is 4.84. The normalized spacial score (nSPS) is 23.9. The number of allylic oxidation sites excluding steroid dienone is 1. The van der Waals surface area contributed by atoms with Crippen LogP contribution in [0, 0.1) is 5.41 Å². The SMILES string of the molecule is CC1=CC(=O)CC1(C)COCc1ccccc1. The second-order valence-electron chi connectivity index (χ2n) is 5.01. The van der Waals surface area contributed by atoms with Crippen molar-refractivity contribution in [3.63, 3.8) is 0 Å². The number of rotatable bonds is 4. The van der Waals surface area contributed by atoms with Crippen molar-refractivity contribution in [1.82, 2.24) is 0 Å². The number of carbonyl (C=O) groups excluding carboxylic acids is 1. The molecule has 2 heteroatoms. The molecule has 1 aliphatic rings.